The van der Waals surface area contributed by atoms with Gasteiger partial charge >= 0.3 is 0 Å². The first-order valence-corrected chi connectivity index (χ1v) is 6.30. The molecule has 82 valence electrons. The molecule has 2 aliphatic heterocycles. The van der Waals surface area contributed by atoms with E-state index in [-0.39, 0.29) is 0 Å². The van der Waals surface area contributed by atoms with Gasteiger partial charge in [0.2, 0.25) is 0 Å². The van der Waals surface area contributed by atoms with Crippen LogP contribution in [0.2, 0.25) is 0 Å². The van der Waals surface area contributed by atoms with Crippen molar-refractivity contribution in [3.8, 4) is 0 Å². The maximum Gasteiger partial charge on any atom is 0.0251 e. The number of piperidine rings is 1. The SMILES string of the molecule is CCN1CCCCC1C1NCCC1C. The largest absolute Gasteiger partial charge is 0.312 e. The van der Waals surface area contributed by atoms with Gasteiger partial charge in [-0.2, -0.15) is 0 Å². The van der Waals surface area contributed by atoms with E-state index >= 15 is 0 Å². The summed E-state index contributed by atoms with van der Waals surface area (Å²) in [5.74, 6) is 0.882. The molecule has 0 saturated carbocycles. The number of nitrogens with one attached hydrogen (secondary N) is 1. The van der Waals surface area contributed by atoms with Gasteiger partial charge in [0.15, 0.2) is 0 Å². The van der Waals surface area contributed by atoms with Crippen LogP contribution in [0.5, 0.6) is 0 Å². The summed E-state index contributed by atoms with van der Waals surface area (Å²) >= 11 is 0. The van der Waals surface area contributed by atoms with Crippen molar-refractivity contribution >= 4 is 0 Å². The minimum absolute atomic E-state index is 0.773. The third-order valence-corrected chi connectivity index (χ3v) is 4.08. The molecule has 0 aromatic rings. The van der Waals surface area contributed by atoms with Crippen molar-refractivity contribution in [2.24, 2.45) is 5.92 Å². The second kappa shape index (κ2) is 4.63. The van der Waals surface area contributed by atoms with Crippen molar-refractivity contribution in [1.82, 2.24) is 10.2 Å². The van der Waals surface area contributed by atoms with Crippen LogP contribution in [0.4, 0.5) is 0 Å². The molecular formula is C12H24N2. The predicted octanol–water partition coefficient (Wildman–Crippen LogP) is 1.86. The van der Waals surface area contributed by atoms with Crippen molar-refractivity contribution in [2.45, 2.75) is 51.6 Å². The van der Waals surface area contributed by atoms with Crippen LogP contribution in [0.1, 0.15) is 39.5 Å². The van der Waals surface area contributed by atoms with Gasteiger partial charge in [0.05, 0.1) is 0 Å². The van der Waals surface area contributed by atoms with Gasteiger partial charge in [0, 0.05) is 12.1 Å². The van der Waals surface area contributed by atoms with E-state index in [1.807, 2.05) is 0 Å². The second-order valence-electron chi connectivity index (χ2n) is 4.94. The molecule has 3 unspecified atom stereocenters. The van der Waals surface area contributed by atoms with E-state index in [0.29, 0.717) is 0 Å². The van der Waals surface area contributed by atoms with Crippen molar-refractivity contribution in [2.75, 3.05) is 19.6 Å². The summed E-state index contributed by atoms with van der Waals surface area (Å²) in [4.78, 5) is 2.68. The molecule has 1 N–H and O–H groups in total. The Morgan fingerprint density at radius 3 is 2.79 bits per heavy atom. The number of hydrogen-bond donors (Lipinski definition) is 1. The van der Waals surface area contributed by atoms with Crippen LogP contribution in [0, 0.1) is 5.92 Å². The number of hydrogen-bond acceptors (Lipinski definition) is 2. The Morgan fingerprint density at radius 1 is 1.29 bits per heavy atom. The molecule has 2 nitrogen and oxygen atoms in total. The lowest BCUT2D eigenvalue weighted by Crippen LogP contribution is -2.51. The summed E-state index contributed by atoms with van der Waals surface area (Å²) < 4.78 is 0. The van der Waals surface area contributed by atoms with Crippen molar-refractivity contribution in [3.05, 3.63) is 0 Å². The monoisotopic (exact) mass is 196 g/mol. The summed E-state index contributed by atoms with van der Waals surface area (Å²) in [7, 11) is 0. The molecule has 2 aliphatic rings. The van der Waals surface area contributed by atoms with Gasteiger partial charge in [-0.15, -0.1) is 0 Å². The van der Waals surface area contributed by atoms with Crippen LogP contribution in [0.25, 0.3) is 0 Å². The predicted molar refractivity (Wildman–Crippen MR) is 60.5 cm³/mol. The first-order chi connectivity index (χ1) is 6.83. The van der Waals surface area contributed by atoms with Crippen LogP contribution in [0.15, 0.2) is 0 Å². The highest BCUT2D eigenvalue weighted by Gasteiger charge is 2.34. The molecule has 0 aliphatic carbocycles. The molecule has 2 rings (SSSR count). The Hall–Kier alpha value is -0.0800. The smallest absolute Gasteiger partial charge is 0.0251 e. The van der Waals surface area contributed by atoms with E-state index in [1.54, 1.807) is 0 Å². The Kier molecular flexibility index (Phi) is 3.45. The molecule has 2 saturated heterocycles. The highest BCUT2D eigenvalue weighted by atomic mass is 15.2. The first-order valence-electron chi connectivity index (χ1n) is 6.30. The zero-order chi connectivity index (χ0) is 9.97. The van der Waals surface area contributed by atoms with Gasteiger partial charge < -0.3 is 5.32 Å². The zero-order valence-electron chi connectivity index (χ0n) is 9.63. The lowest BCUT2D eigenvalue weighted by molar-refractivity contribution is 0.114. The fourth-order valence-electron chi connectivity index (χ4n) is 3.19. The number of likely N-dealkylation sites (N-methyl/N-ethyl adjacent to an activating group) is 1. The molecule has 0 radical (unpaired) electrons. The van der Waals surface area contributed by atoms with Gasteiger partial charge in [-0.25, -0.2) is 0 Å². The minimum Gasteiger partial charge on any atom is -0.312 e. The highest BCUT2D eigenvalue weighted by Crippen LogP contribution is 2.27. The summed E-state index contributed by atoms with van der Waals surface area (Å²) in [6.45, 7) is 8.51. The first kappa shape index (κ1) is 10.4. The summed E-state index contributed by atoms with van der Waals surface area (Å²) in [5.41, 5.74) is 0. The van der Waals surface area contributed by atoms with Crippen molar-refractivity contribution < 1.29 is 0 Å². The normalized spacial score (nSPS) is 40.3. The third kappa shape index (κ3) is 1.96. The Labute approximate surface area is 88.1 Å². The quantitative estimate of drug-likeness (QED) is 0.725. The Balaban J connectivity index is 1.99. The number of nitrogens with zero attached hydrogens (tertiary/aromatic N) is 1. The maximum absolute atomic E-state index is 3.70. The second-order valence-corrected chi connectivity index (χ2v) is 4.94. The topological polar surface area (TPSA) is 15.3 Å². The summed E-state index contributed by atoms with van der Waals surface area (Å²) in [6.07, 6.45) is 5.63. The van der Waals surface area contributed by atoms with Gasteiger partial charge in [0.1, 0.15) is 0 Å². The molecule has 0 aromatic heterocycles. The van der Waals surface area contributed by atoms with Gasteiger partial charge in [-0.05, 0) is 44.8 Å². The van der Waals surface area contributed by atoms with Crippen molar-refractivity contribution in [3.63, 3.8) is 0 Å². The van der Waals surface area contributed by atoms with Crippen molar-refractivity contribution in [1.29, 1.82) is 0 Å². The lowest BCUT2D eigenvalue weighted by atomic mass is 9.89. The van der Waals surface area contributed by atoms with Gasteiger partial charge in [-0.3, -0.25) is 4.90 Å². The summed E-state index contributed by atoms with van der Waals surface area (Å²) in [5, 5.41) is 3.70. The molecule has 0 bridgehead atoms. The average molecular weight is 196 g/mol. The summed E-state index contributed by atoms with van der Waals surface area (Å²) in [6, 6.07) is 1.60. The molecule has 2 heteroatoms. The van der Waals surface area contributed by atoms with Crippen LogP contribution in [0.3, 0.4) is 0 Å². The van der Waals surface area contributed by atoms with Gasteiger partial charge in [0.25, 0.3) is 0 Å². The molecule has 0 aromatic carbocycles. The molecule has 2 fully saturated rings. The molecule has 0 amide bonds. The van der Waals surface area contributed by atoms with E-state index in [0.717, 1.165) is 18.0 Å². The van der Waals surface area contributed by atoms with Crippen LogP contribution in [-0.2, 0) is 0 Å². The van der Waals surface area contributed by atoms with E-state index in [1.165, 1.54) is 45.3 Å². The van der Waals surface area contributed by atoms with E-state index in [4.69, 9.17) is 0 Å². The molecule has 14 heavy (non-hydrogen) atoms. The molecular weight excluding hydrogens is 172 g/mol. The Bertz CT molecular complexity index is 181. The Morgan fingerprint density at radius 2 is 2.14 bits per heavy atom. The molecule has 2 heterocycles. The standard InChI is InChI=1S/C12H24N2/c1-3-14-9-5-4-6-11(14)12-10(2)7-8-13-12/h10-13H,3-9H2,1-2H3. The maximum atomic E-state index is 3.70. The third-order valence-electron chi connectivity index (χ3n) is 4.08. The fourth-order valence-corrected chi connectivity index (χ4v) is 3.19. The molecule has 0 spiro atoms. The lowest BCUT2D eigenvalue weighted by Gasteiger charge is -2.40. The van der Waals surface area contributed by atoms with E-state index in [2.05, 4.69) is 24.1 Å². The van der Waals surface area contributed by atoms with E-state index in [9.17, 15) is 0 Å². The van der Waals surface area contributed by atoms with Crippen LogP contribution >= 0.6 is 0 Å². The zero-order valence-corrected chi connectivity index (χ0v) is 9.63. The average Bonchev–Trinajstić information content (AvgIpc) is 2.64. The minimum atomic E-state index is 0.773. The van der Waals surface area contributed by atoms with Gasteiger partial charge in [-0.1, -0.05) is 20.3 Å². The van der Waals surface area contributed by atoms with Crippen LogP contribution in [-0.4, -0.2) is 36.6 Å². The number of rotatable bonds is 2. The highest BCUT2D eigenvalue weighted by molar-refractivity contribution is 4.93. The molecule has 3 atom stereocenters. The van der Waals surface area contributed by atoms with E-state index < -0.39 is 0 Å². The van der Waals surface area contributed by atoms with Crippen LogP contribution < -0.4 is 5.32 Å². The fraction of sp³-hybridized carbons (Fsp3) is 1.00. The number of likely N-dealkylation sites (tertiary alicyclic amines) is 1.